The van der Waals surface area contributed by atoms with Crippen LogP contribution in [0.25, 0.3) is 11.1 Å². The van der Waals surface area contributed by atoms with E-state index in [0.29, 0.717) is 0 Å². The zero-order valence-corrected chi connectivity index (χ0v) is 13.5. The van der Waals surface area contributed by atoms with Crippen LogP contribution >= 0.6 is 0 Å². The molecule has 0 aliphatic carbocycles. The van der Waals surface area contributed by atoms with E-state index in [0.717, 1.165) is 11.1 Å². The van der Waals surface area contributed by atoms with Crippen LogP contribution in [0.4, 0.5) is 0 Å². The second-order valence-electron chi connectivity index (χ2n) is 6.22. The van der Waals surface area contributed by atoms with Crippen molar-refractivity contribution in [3.63, 3.8) is 0 Å². The summed E-state index contributed by atoms with van der Waals surface area (Å²) in [6.45, 7) is 10.4. The smallest absolute Gasteiger partial charge is 0.0487 e. The molecule has 0 aromatic heterocycles. The monoisotopic (exact) mass is 270 g/mol. The average Bonchev–Trinajstić information content (AvgIpc) is 2.38. The molecule has 0 heterocycles. The molecule has 0 atom stereocenters. The van der Waals surface area contributed by atoms with Crippen molar-refractivity contribution >= 4 is 8.07 Å². The van der Waals surface area contributed by atoms with Gasteiger partial charge in [-0.05, 0) is 42.1 Å². The molecule has 0 radical (unpaired) electrons. The SMILES string of the molecule is [2H]C([2H])(c1ccc(-c2ccccc2C)c(C)c1)[Si](C)(C)C. The first-order chi connectivity index (χ1) is 9.64. The summed E-state index contributed by atoms with van der Waals surface area (Å²) in [6.07, 6.45) is 0. The van der Waals surface area contributed by atoms with Gasteiger partial charge in [0.25, 0.3) is 0 Å². The van der Waals surface area contributed by atoms with Crippen molar-refractivity contribution in [3.05, 3.63) is 59.2 Å². The van der Waals surface area contributed by atoms with Gasteiger partial charge in [-0.1, -0.05) is 67.7 Å². The van der Waals surface area contributed by atoms with Crippen molar-refractivity contribution in [2.24, 2.45) is 0 Å². The highest BCUT2D eigenvalue weighted by atomic mass is 28.3. The zero-order chi connectivity index (χ0) is 15.8. The van der Waals surface area contributed by atoms with E-state index in [9.17, 15) is 0 Å². The van der Waals surface area contributed by atoms with Crippen molar-refractivity contribution < 1.29 is 2.74 Å². The first kappa shape index (κ1) is 11.5. The van der Waals surface area contributed by atoms with Gasteiger partial charge in [0, 0.05) is 10.8 Å². The highest BCUT2D eigenvalue weighted by Crippen LogP contribution is 2.27. The van der Waals surface area contributed by atoms with E-state index in [1.54, 1.807) is 0 Å². The van der Waals surface area contributed by atoms with Crippen LogP contribution < -0.4 is 0 Å². The Labute approximate surface area is 121 Å². The molecular weight excluding hydrogens is 244 g/mol. The summed E-state index contributed by atoms with van der Waals surface area (Å²) in [4.78, 5) is 0. The van der Waals surface area contributed by atoms with Gasteiger partial charge in [0.2, 0.25) is 0 Å². The fourth-order valence-corrected chi connectivity index (χ4v) is 3.37. The van der Waals surface area contributed by atoms with Gasteiger partial charge in [-0.15, -0.1) is 0 Å². The molecule has 0 aliphatic heterocycles. The molecule has 0 unspecified atom stereocenters. The van der Waals surface area contributed by atoms with Crippen LogP contribution in [0.2, 0.25) is 19.6 Å². The normalized spacial score (nSPS) is 13.9. The van der Waals surface area contributed by atoms with Gasteiger partial charge in [-0.2, -0.15) is 0 Å². The van der Waals surface area contributed by atoms with Crippen molar-refractivity contribution in [2.45, 2.75) is 39.5 Å². The largest absolute Gasteiger partial charge is 0.0693 e. The number of rotatable bonds is 3. The van der Waals surface area contributed by atoms with Gasteiger partial charge in [-0.3, -0.25) is 0 Å². The second-order valence-corrected chi connectivity index (χ2v) is 11.0. The lowest BCUT2D eigenvalue weighted by molar-refractivity contribution is 1.28. The fraction of sp³-hybridized carbons (Fsp3) is 0.333. The second kappa shape index (κ2) is 5.34. The lowest BCUT2D eigenvalue weighted by Gasteiger charge is -2.17. The van der Waals surface area contributed by atoms with Gasteiger partial charge in [-0.25, -0.2) is 0 Å². The summed E-state index contributed by atoms with van der Waals surface area (Å²) in [7, 11) is -1.92. The molecule has 100 valence electrons. The molecule has 0 aliphatic rings. The average molecular weight is 270 g/mol. The van der Waals surface area contributed by atoms with Gasteiger partial charge in [0.15, 0.2) is 0 Å². The van der Waals surface area contributed by atoms with Crippen LogP contribution in [0.15, 0.2) is 42.5 Å². The quantitative estimate of drug-likeness (QED) is 0.656. The standard InChI is InChI=1S/C18H24Si/c1-14-8-6-7-9-17(14)18-11-10-16(12-15(18)2)13-19(3,4)5/h6-12H,13H2,1-5H3/i13D2. The molecule has 1 heteroatoms. The lowest BCUT2D eigenvalue weighted by Crippen LogP contribution is -2.23. The van der Waals surface area contributed by atoms with Gasteiger partial charge < -0.3 is 0 Å². The molecule has 2 rings (SSSR count). The van der Waals surface area contributed by atoms with E-state index < -0.39 is 14.1 Å². The zero-order valence-electron chi connectivity index (χ0n) is 14.5. The Balaban J connectivity index is 2.51. The molecule has 0 spiro atoms. The Morgan fingerprint density at radius 2 is 1.53 bits per heavy atom. The van der Waals surface area contributed by atoms with Crippen molar-refractivity contribution in [2.75, 3.05) is 0 Å². The summed E-state index contributed by atoms with van der Waals surface area (Å²) in [5.41, 5.74) is 5.64. The molecule has 0 bridgehead atoms. The third kappa shape index (κ3) is 3.57. The van der Waals surface area contributed by atoms with Crippen molar-refractivity contribution in [3.8, 4) is 11.1 Å². The van der Waals surface area contributed by atoms with Crippen molar-refractivity contribution in [1.29, 1.82) is 0 Å². The minimum atomic E-state index is -1.92. The summed E-state index contributed by atoms with van der Waals surface area (Å²) in [5, 5.41) is 0. The van der Waals surface area contributed by atoms with E-state index in [-0.39, 0.29) is 0 Å². The predicted octanol–water partition coefficient (Wildman–Crippen LogP) is 5.39. The molecule has 2 aromatic carbocycles. The molecule has 0 nitrogen and oxygen atoms in total. The number of benzene rings is 2. The molecule has 2 aromatic rings. The van der Waals surface area contributed by atoms with Crippen LogP contribution in [0, 0.1) is 13.8 Å². The van der Waals surface area contributed by atoms with E-state index in [1.807, 2.05) is 18.2 Å². The van der Waals surface area contributed by atoms with Crippen LogP contribution in [0.5, 0.6) is 0 Å². The summed E-state index contributed by atoms with van der Waals surface area (Å²) in [5.74, 6) is -1.21. The Morgan fingerprint density at radius 1 is 0.895 bits per heavy atom. The van der Waals surface area contributed by atoms with Gasteiger partial charge in [0.05, 0.1) is 0 Å². The number of aryl methyl sites for hydroxylation is 2. The third-order valence-electron chi connectivity index (χ3n) is 3.18. The molecule has 19 heavy (non-hydrogen) atoms. The maximum absolute atomic E-state index is 8.46. The van der Waals surface area contributed by atoms with Crippen LogP contribution in [0.3, 0.4) is 0 Å². The fourth-order valence-electron chi connectivity index (χ4n) is 2.35. The van der Waals surface area contributed by atoms with Crippen LogP contribution in [-0.4, -0.2) is 8.07 Å². The van der Waals surface area contributed by atoms with E-state index >= 15 is 0 Å². The Hall–Kier alpha value is -1.34. The Morgan fingerprint density at radius 3 is 2.11 bits per heavy atom. The minimum Gasteiger partial charge on any atom is -0.0693 e. The minimum absolute atomic E-state index is 0.816. The lowest BCUT2D eigenvalue weighted by atomic mass is 9.95. The Bertz CT molecular complexity index is 655. The summed E-state index contributed by atoms with van der Waals surface area (Å²) in [6, 6.07) is 14.4. The maximum atomic E-state index is 8.46. The predicted molar refractivity (Wildman–Crippen MR) is 88.4 cm³/mol. The van der Waals surface area contributed by atoms with E-state index in [2.05, 4.69) is 57.8 Å². The number of hydrogen-bond donors (Lipinski definition) is 0. The molecular formula is C18H24Si. The van der Waals surface area contributed by atoms with Gasteiger partial charge in [0.1, 0.15) is 0 Å². The first-order valence-corrected chi connectivity index (χ1v) is 10.3. The highest BCUT2D eigenvalue weighted by molar-refractivity contribution is 6.75. The van der Waals surface area contributed by atoms with Gasteiger partial charge >= 0.3 is 0 Å². The maximum Gasteiger partial charge on any atom is 0.0487 e. The Kier molecular flexibility index (Phi) is 3.23. The van der Waals surface area contributed by atoms with E-state index in [1.165, 1.54) is 16.7 Å². The topological polar surface area (TPSA) is 0 Å². The molecule has 0 saturated heterocycles. The number of hydrogen-bond acceptors (Lipinski definition) is 0. The van der Waals surface area contributed by atoms with Crippen molar-refractivity contribution in [1.82, 2.24) is 0 Å². The summed E-state index contributed by atoms with van der Waals surface area (Å²) < 4.78 is 16.9. The van der Waals surface area contributed by atoms with Crippen LogP contribution in [0.1, 0.15) is 19.4 Å². The molecule has 0 fully saturated rings. The molecule has 0 saturated carbocycles. The van der Waals surface area contributed by atoms with E-state index in [4.69, 9.17) is 2.74 Å². The molecule has 0 amide bonds. The molecule has 0 N–H and O–H groups in total. The first-order valence-electron chi connectivity index (χ1n) is 7.82. The third-order valence-corrected chi connectivity index (χ3v) is 4.22. The summed E-state index contributed by atoms with van der Waals surface area (Å²) >= 11 is 0. The van der Waals surface area contributed by atoms with Crippen LogP contribution in [-0.2, 0) is 6.00 Å². The highest BCUT2D eigenvalue weighted by Gasteiger charge is 2.14.